The molecule has 0 radical (unpaired) electrons. The number of nitrogens with two attached hydrogens (primary N) is 1. The van der Waals surface area contributed by atoms with Crippen LogP contribution < -0.4 is 11.1 Å². The molecule has 122 valence electrons. The highest BCUT2D eigenvalue weighted by Gasteiger charge is 2.38. The van der Waals surface area contributed by atoms with Gasteiger partial charge in [-0.05, 0) is 33.6 Å². The summed E-state index contributed by atoms with van der Waals surface area (Å²) < 4.78 is 5.55. The molecule has 0 aromatic rings. The van der Waals surface area contributed by atoms with Crippen molar-refractivity contribution in [1.29, 1.82) is 0 Å². The van der Waals surface area contributed by atoms with Crippen molar-refractivity contribution in [1.82, 2.24) is 15.1 Å². The van der Waals surface area contributed by atoms with Gasteiger partial charge in [-0.25, -0.2) is 4.79 Å². The molecule has 0 spiro atoms. The first kappa shape index (κ1) is 16.5. The Bertz CT molecular complexity index is 350. The minimum Gasteiger partial charge on any atom is -0.444 e. The average Bonchev–Trinajstić information content (AvgIpc) is 2.88. The molecule has 0 aromatic carbocycles. The minimum atomic E-state index is -0.447. The molecular weight excluding hydrogens is 268 g/mol. The van der Waals surface area contributed by atoms with Crippen molar-refractivity contribution in [2.75, 3.05) is 39.3 Å². The van der Waals surface area contributed by atoms with Gasteiger partial charge in [-0.3, -0.25) is 4.90 Å². The van der Waals surface area contributed by atoms with E-state index in [1.165, 1.54) is 0 Å². The fourth-order valence-corrected chi connectivity index (χ4v) is 3.30. The van der Waals surface area contributed by atoms with Gasteiger partial charge in [0.1, 0.15) is 5.60 Å². The Morgan fingerprint density at radius 2 is 2.00 bits per heavy atom. The van der Waals surface area contributed by atoms with E-state index in [2.05, 4.69) is 10.2 Å². The quantitative estimate of drug-likeness (QED) is 0.799. The number of carbonyl (C=O) groups is 1. The number of carbonyl (C=O) groups excluding carboxylic acids is 1. The summed E-state index contributed by atoms with van der Waals surface area (Å²) in [7, 11) is 0. The number of nitrogens with one attached hydrogen (secondary N) is 1. The van der Waals surface area contributed by atoms with Crippen LogP contribution in [0.2, 0.25) is 0 Å². The Hall–Kier alpha value is -0.850. The lowest BCUT2D eigenvalue weighted by molar-refractivity contribution is 0.0118. The summed E-state index contributed by atoms with van der Waals surface area (Å²) in [6.07, 6.45) is 1.86. The third-order valence-electron chi connectivity index (χ3n) is 4.23. The maximum atomic E-state index is 12.4. The fourth-order valence-electron chi connectivity index (χ4n) is 3.30. The van der Waals surface area contributed by atoms with Gasteiger partial charge < -0.3 is 20.7 Å². The summed E-state index contributed by atoms with van der Waals surface area (Å²) in [5, 5.41) is 3.36. The normalized spacial score (nSPS) is 25.9. The standard InChI is InChI=1S/C15H30N4O2/c1-15(2,3)21-14(20)19-8-4-5-12(19)13(11-16)18-9-6-17-7-10-18/h12-13,17H,4-11,16H2,1-3H3. The molecule has 2 unspecified atom stereocenters. The highest BCUT2D eigenvalue weighted by Crippen LogP contribution is 2.25. The van der Waals surface area contributed by atoms with E-state index in [-0.39, 0.29) is 18.2 Å². The topological polar surface area (TPSA) is 70.8 Å². The fraction of sp³-hybridized carbons (Fsp3) is 0.933. The van der Waals surface area contributed by atoms with Gasteiger partial charge in [-0.2, -0.15) is 0 Å². The van der Waals surface area contributed by atoms with Crippen molar-refractivity contribution < 1.29 is 9.53 Å². The zero-order valence-corrected chi connectivity index (χ0v) is 13.6. The molecule has 6 heteroatoms. The lowest BCUT2D eigenvalue weighted by Crippen LogP contribution is -2.58. The highest BCUT2D eigenvalue weighted by atomic mass is 16.6. The van der Waals surface area contributed by atoms with Crippen LogP contribution in [0.5, 0.6) is 0 Å². The Morgan fingerprint density at radius 3 is 2.57 bits per heavy atom. The van der Waals surface area contributed by atoms with Crippen molar-refractivity contribution in [3.8, 4) is 0 Å². The van der Waals surface area contributed by atoms with Crippen LogP contribution in [0.4, 0.5) is 4.79 Å². The molecule has 2 heterocycles. The van der Waals surface area contributed by atoms with Crippen LogP contribution in [0.15, 0.2) is 0 Å². The molecule has 2 aliphatic heterocycles. The molecule has 21 heavy (non-hydrogen) atoms. The molecule has 3 N–H and O–H groups in total. The molecule has 2 saturated heterocycles. The first-order chi connectivity index (χ1) is 9.92. The Morgan fingerprint density at radius 1 is 1.33 bits per heavy atom. The zero-order chi connectivity index (χ0) is 15.5. The first-order valence-corrected chi connectivity index (χ1v) is 8.07. The van der Waals surface area contributed by atoms with Crippen molar-refractivity contribution >= 4 is 6.09 Å². The molecule has 1 amide bonds. The molecule has 6 nitrogen and oxygen atoms in total. The van der Waals surface area contributed by atoms with Gasteiger partial charge in [-0.15, -0.1) is 0 Å². The summed E-state index contributed by atoms with van der Waals surface area (Å²) in [6, 6.07) is 0.421. The van der Waals surface area contributed by atoms with Crippen LogP contribution in [0.1, 0.15) is 33.6 Å². The van der Waals surface area contributed by atoms with Gasteiger partial charge in [0.25, 0.3) is 0 Å². The van der Waals surface area contributed by atoms with Crippen LogP contribution in [-0.2, 0) is 4.74 Å². The second kappa shape index (κ2) is 6.94. The second-order valence-corrected chi connectivity index (χ2v) is 6.97. The van der Waals surface area contributed by atoms with E-state index in [9.17, 15) is 4.79 Å². The number of piperazine rings is 1. The van der Waals surface area contributed by atoms with Gasteiger partial charge in [-0.1, -0.05) is 0 Å². The number of rotatable bonds is 3. The lowest BCUT2D eigenvalue weighted by atomic mass is 10.0. The first-order valence-electron chi connectivity index (χ1n) is 8.07. The van der Waals surface area contributed by atoms with Crippen LogP contribution in [0.3, 0.4) is 0 Å². The molecule has 0 aliphatic carbocycles. The van der Waals surface area contributed by atoms with E-state index in [0.29, 0.717) is 6.54 Å². The molecule has 0 saturated carbocycles. The average molecular weight is 298 g/mol. The van der Waals surface area contributed by atoms with E-state index >= 15 is 0 Å². The largest absolute Gasteiger partial charge is 0.444 e. The van der Waals surface area contributed by atoms with Crippen LogP contribution in [-0.4, -0.2) is 72.8 Å². The smallest absolute Gasteiger partial charge is 0.410 e. The number of amides is 1. The molecule has 2 atom stereocenters. The van der Waals surface area contributed by atoms with E-state index in [1.54, 1.807) is 0 Å². The van der Waals surface area contributed by atoms with E-state index in [4.69, 9.17) is 10.5 Å². The van der Waals surface area contributed by atoms with Crippen molar-refractivity contribution in [3.63, 3.8) is 0 Å². The van der Waals surface area contributed by atoms with E-state index in [0.717, 1.165) is 45.6 Å². The molecule has 2 rings (SSSR count). The second-order valence-electron chi connectivity index (χ2n) is 6.97. The number of likely N-dealkylation sites (tertiary alicyclic amines) is 1. The van der Waals surface area contributed by atoms with Crippen LogP contribution >= 0.6 is 0 Å². The Balaban J connectivity index is 2.03. The number of hydrogen-bond acceptors (Lipinski definition) is 5. The third kappa shape index (κ3) is 4.31. The van der Waals surface area contributed by atoms with Crippen molar-refractivity contribution in [2.45, 2.75) is 51.3 Å². The molecule has 2 fully saturated rings. The van der Waals surface area contributed by atoms with Gasteiger partial charge in [0.2, 0.25) is 0 Å². The predicted octanol–water partition coefficient (Wildman–Crippen LogP) is 0.618. The SMILES string of the molecule is CC(C)(C)OC(=O)N1CCCC1C(CN)N1CCNCC1. The monoisotopic (exact) mass is 298 g/mol. The van der Waals surface area contributed by atoms with Gasteiger partial charge in [0.15, 0.2) is 0 Å². The van der Waals surface area contributed by atoms with Crippen molar-refractivity contribution in [2.24, 2.45) is 5.73 Å². The number of hydrogen-bond donors (Lipinski definition) is 2. The van der Waals surface area contributed by atoms with E-state index in [1.807, 2.05) is 25.7 Å². The molecular formula is C15H30N4O2. The maximum absolute atomic E-state index is 12.4. The Kier molecular flexibility index (Phi) is 5.46. The van der Waals surface area contributed by atoms with Crippen molar-refractivity contribution in [3.05, 3.63) is 0 Å². The van der Waals surface area contributed by atoms with Gasteiger partial charge in [0, 0.05) is 45.3 Å². The Labute approximate surface area is 128 Å². The van der Waals surface area contributed by atoms with Gasteiger partial charge in [0.05, 0.1) is 6.04 Å². The molecule has 0 aromatic heterocycles. The summed E-state index contributed by atoms with van der Waals surface area (Å²) in [6.45, 7) is 11.1. The maximum Gasteiger partial charge on any atom is 0.410 e. The van der Waals surface area contributed by atoms with Crippen LogP contribution in [0.25, 0.3) is 0 Å². The van der Waals surface area contributed by atoms with Gasteiger partial charge >= 0.3 is 6.09 Å². The summed E-state index contributed by atoms with van der Waals surface area (Å²) in [5.74, 6) is 0. The zero-order valence-electron chi connectivity index (χ0n) is 13.6. The molecule has 2 aliphatic rings. The minimum absolute atomic E-state index is 0.183. The summed E-state index contributed by atoms with van der Waals surface area (Å²) >= 11 is 0. The van der Waals surface area contributed by atoms with Crippen LogP contribution in [0, 0.1) is 0 Å². The number of nitrogens with zero attached hydrogens (tertiary/aromatic N) is 2. The number of ether oxygens (including phenoxy) is 1. The summed E-state index contributed by atoms with van der Waals surface area (Å²) in [5.41, 5.74) is 5.59. The highest BCUT2D eigenvalue weighted by molar-refractivity contribution is 5.69. The third-order valence-corrected chi connectivity index (χ3v) is 4.23. The summed E-state index contributed by atoms with van der Waals surface area (Å²) in [4.78, 5) is 16.7. The molecule has 0 bridgehead atoms. The van der Waals surface area contributed by atoms with E-state index < -0.39 is 5.60 Å². The predicted molar refractivity (Wildman–Crippen MR) is 83.2 cm³/mol. The lowest BCUT2D eigenvalue weighted by Gasteiger charge is -2.40.